The second kappa shape index (κ2) is 3.94. The first kappa shape index (κ1) is 10.0. The van der Waals surface area contributed by atoms with E-state index in [0.717, 1.165) is 5.69 Å². The number of rotatable bonds is 2. The van der Waals surface area contributed by atoms with Crippen molar-refractivity contribution >= 4 is 24.2 Å². The second-order valence-electron chi connectivity index (χ2n) is 3.01. The third kappa shape index (κ3) is 1.59. The molecule has 0 aliphatic carbocycles. The monoisotopic (exact) mass is 222 g/mol. The number of ether oxygens (including phenoxy) is 1. The predicted octanol–water partition coefficient (Wildman–Crippen LogP) is 1.55. The van der Waals surface area contributed by atoms with Crippen LogP contribution in [0.1, 0.15) is 16.1 Å². The number of esters is 1. The molecule has 2 rings (SSSR count). The Bertz CT molecular complexity index is 507. The minimum atomic E-state index is -0.378. The molecule has 0 N–H and O–H groups in total. The van der Waals surface area contributed by atoms with Crippen LogP contribution in [0.2, 0.25) is 0 Å². The molecule has 0 aliphatic heterocycles. The van der Waals surface area contributed by atoms with Gasteiger partial charge in [0.05, 0.1) is 19.0 Å². The Labute approximate surface area is 92.3 Å². The number of hydrogen-bond acceptors (Lipinski definition) is 4. The van der Waals surface area contributed by atoms with Crippen molar-refractivity contribution in [1.29, 1.82) is 0 Å². The van der Waals surface area contributed by atoms with Crippen molar-refractivity contribution in [1.82, 2.24) is 9.38 Å². The number of carbonyl (C=O) groups excluding carboxylic acids is 1. The molecule has 78 valence electrons. The van der Waals surface area contributed by atoms with Gasteiger partial charge in [0.25, 0.3) is 0 Å². The Morgan fingerprint density at radius 2 is 2.47 bits per heavy atom. The predicted molar refractivity (Wildman–Crippen MR) is 59.2 cm³/mol. The highest BCUT2D eigenvalue weighted by Crippen LogP contribution is 2.14. The number of fused-ring (bicyclic) bond motifs is 1. The molecule has 0 saturated carbocycles. The largest absolute Gasteiger partial charge is 0.465 e. The highest BCUT2D eigenvalue weighted by molar-refractivity contribution is 7.79. The summed E-state index contributed by atoms with van der Waals surface area (Å²) in [5.41, 5.74) is 2.01. The summed E-state index contributed by atoms with van der Waals surface area (Å²) < 4.78 is 6.51. The minimum Gasteiger partial charge on any atom is -0.465 e. The molecule has 2 aromatic rings. The molecule has 0 unspecified atom stereocenters. The molecule has 0 saturated heterocycles. The number of aromatic nitrogens is 2. The van der Waals surface area contributed by atoms with Crippen molar-refractivity contribution in [2.75, 3.05) is 7.11 Å². The lowest BCUT2D eigenvalue weighted by Crippen LogP contribution is -2.04. The Morgan fingerprint density at radius 1 is 1.67 bits per heavy atom. The summed E-state index contributed by atoms with van der Waals surface area (Å²) in [7, 11) is 1.36. The molecular formula is C10H10N2O2S. The molecule has 0 atom stereocenters. The summed E-state index contributed by atoms with van der Waals surface area (Å²) in [6.07, 6.45) is 3.55. The molecule has 5 heteroatoms. The minimum absolute atomic E-state index is 0.378. The summed E-state index contributed by atoms with van der Waals surface area (Å²) in [5.74, 6) is 0.197. The fourth-order valence-electron chi connectivity index (χ4n) is 1.45. The highest BCUT2D eigenvalue weighted by atomic mass is 32.1. The number of carbonyl (C=O) groups is 1. The normalized spacial score (nSPS) is 10.5. The number of thiol groups is 1. The maximum atomic E-state index is 11.4. The lowest BCUT2D eigenvalue weighted by atomic mass is 10.3. The summed E-state index contributed by atoms with van der Waals surface area (Å²) >= 11 is 4.18. The van der Waals surface area contributed by atoms with Crippen LogP contribution in [0, 0.1) is 0 Å². The summed E-state index contributed by atoms with van der Waals surface area (Å²) in [4.78, 5) is 15.6. The Hall–Kier alpha value is -1.49. The Balaban J connectivity index is 2.67. The number of methoxy groups -OCH3 is 1. The topological polar surface area (TPSA) is 43.6 Å². The van der Waals surface area contributed by atoms with E-state index in [-0.39, 0.29) is 5.97 Å². The van der Waals surface area contributed by atoms with Crippen LogP contribution >= 0.6 is 12.6 Å². The first-order valence-corrected chi connectivity index (χ1v) is 5.05. The molecule has 2 heterocycles. The molecule has 0 radical (unpaired) electrons. The fraction of sp³-hybridized carbons (Fsp3) is 0.200. The van der Waals surface area contributed by atoms with Crippen molar-refractivity contribution in [3.63, 3.8) is 0 Å². The highest BCUT2D eigenvalue weighted by Gasteiger charge is 2.12. The van der Waals surface area contributed by atoms with Crippen LogP contribution in [0.25, 0.3) is 5.65 Å². The molecule has 4 nitrogen and oxygen atoms in total. The van der Waals surface area contributed by atoms with E-state index in [4.69, 9.17) is 0 Å². The molecule has 0 amide bonds. The quantitative estimate of drug-likeness (QED) is 0.619. The van der Waals surface area contributed by atoms with Gasteiger partial charge in [-0.25, -0.2) is 9.78 Å². The van der Waals surface area contributed by atoms with Crippen LogP contribution in [-0.4, -0.2) is 22.5 Å². The van der Waals surface area contributed by atoms with E-state index in [2.05, 4.69) is 22.3 Å². The second-order valence-corrected chi connectivity index (χ2v) is 3.33. The van der Waals surface area contributed by atoms with Gasteiger partial charge < -0.3 is 9.14 Å². The zero-order valence-corrected chi connectivity index (χ0v) is 9.07. The summed E-state index contributed by atoms with van der Waals surface area (Å²) in [5, 5.41) is 0. The van der Waals surface area contributed by atoms with Crippen LogP contribution in [0.15, 0.2) is 24.5 Å². The van der Waals surface area contributed by atoms with Gasteiger partial charge in [0.15, 0.2) is 5.65 Å². The van der Waals surface area contributed by atoms with Crippen LogP contribution in [0.5, 0.6) is 0 Å². The van der Waals surface area contributed by atoms with Gasteiger partial charge >= 0.3 is 5.97 Å². The van der Waals surface area contributed by atoms with Gasteiger partial charge in [-0.1, -0.05) is 0 Å². The third-order valence-corrected chi connectivity index (χ3v) is 2.50. The van der Waals surface area contributed by atoms with Gasteiger partial charge in [-0.15, -0.1) is 0 Å². The first-order valence-electron chi connectivity index (χ1n) is 4.42. The van der Waals surface area contributed by atoms with E-state index in [0.29, 0.717) is 17.0 Å². The smallest absolute Gasteiger partial charge is 0.341 e. The van der Waals surface area contributed by atoms with E-state index in [1.807, 2.05) is 10.6 Å². The molecule has 0 aromatic carbocycles. The van der Waals surface area contributed by atoms with Gasteiger partial charge in [0.2, 0.25) is 0 Å². The summed E-state index contributed by atoms with van der Waals surface area (Å²) in [6, 6.07) is 3.48. The molecular weight excluding hydrogens is 212 g/mol. The SMILES string of the molecule is COC(=O)c1cccn2c(CS)cnc12. The number of nitrogens with zero attached hydrogens (tertiary/aromatic N) is 2. The molecule has 2 aromatic heterocycles. The van der Waals surface area contributed by atoms with E-state index in [9.17, 15) is 4.79 Å². The van der Waals surface area contributed by atoms with Gasteiger partial charge in [0.1, 0.15) is 5.56 Å². The Morgan fingerprint density at radius 3 is 3.13 bits per heavy atom. The van der Waals surface area contributed by atoms with E-state index in [1.54, 1.807) is 18.3 Å². The zero-order chi connectivity index (χ0) is 10.8. The van der Waals surface area contributed by atoms with Gasteiger partial charge in [-0.3, -0.25) is 0 Å². The van der Waals surface area contributed by atoms with Crippen molar-refractivity contribution in [3.05, 3.63) is 35.8 Å². The third-order valence-electron chi connectivity index (χ3n) is 2.18. The van der Waals surface area contributed by atoms with Crippen LogP contribution < -0.4 is 0 Å². The Kier molecular flexibility index (Phi) is 2.64. The number of hydrogen-bond donors (Lipinski definition) is 1. The lowest BCUT2D eigenvalue weighted by molar-refractivity contribution is 0.0602. The van der Waals surface area contributed by atoms with Crippen LogP contribution in [-0.2, 0) is 10.5 Å². The average Bonchev–Trinajstić information content (AvgIpc) is 2.70. The summed E-state index contributed by atoms with van der Waals surface area (Å²) in [6.45, 7) is 0. The molecule has 0 spiro atoms. The maximum Gasteiger partial charge on any atom is 0.341 e. The average molecular weight is 222 g/mol. The van der Waals surface area contributed by atoms with Crippen LogP contribution in [0.4, 0.5) is 0 Å². The zero-order valence-electron chi connectivity index (χ0n) is 8.17. The molecule has 0 bridgehead atoms. The van der Waals surface area contributed by atoms with Gasteiger partial charge in [-0.2, -0.15) is 12.6 Å². The van der Waals surface area contributed by atoms with E-state index < -0.39 is 0 Å². The number of imidazole rings is 1. The molecule has 15 heavy (non-hydrogen) atoms. The van der Waals surface area contributed by atoms with Crippen molar-refractivity contribution in [2.24, 2.45) is 0 Å². The van der Waals surface area contributed by atoms with Crippen molar-refractivity contribution in [3.8, 4) is 0 Å². The first-order chi connectivity index (χ1) is 7.27. The lowest BCUT2D eigenvalue weighted by Gasteiger charge is -2.02. The van der Waals surface area contributed by atoms with Gasteiger partial charge in [0, 0.05) is 11.9 Å². The van der Waals surface area contributed by atoms with Crippen LogP contribution in [0.3, 0.4) is 0 Å². The molecule has 0 aliphatic rings. The number of pyridine rings is 1. The standard InChI is InChI=1S/C10H10N2O2S/c1-14-10(13)8-3-2-4-12-7(6-15)5-11-9(8)12/h2-5,15H,6H2,1H3. The van der Waals surface area contributed by atoms with E-state index >= 15 is 0 Å². The molecule has 0 fully saturated rings. The van der Waals surface area contributed by atoms with Gasteiger partial charge in [-0.05, 0) is 12.1 Å². The fourth-order valence-corrected chi connectivity index (χ4v) is 1.68. The van der Waals surface area contributed by atoms with Crippen molar-refractivity contribution in [2.45, 2.75) is 5.75 Å². The maximum absolute atomic E-state index is 11.4. The van der Waals surface area contributed by atoms with E-state index in [1.165, 1.54) is 7.11 Å². The van der Waals surface area contributed by atoms with Crippen molar-refractivity contribution < 1.29 is 9.53 Å².